The Morgan fingerprint density at radius 1 is 1.21 bits per heavy atom. The normalized spacial score (nSPS) is 11.0. The number of amides is 1. The number of para-hydroxylation sites is 1. The van der Waals surface area contributed by atoms with Gasteiger partial charge in [-0.3, -0.25) is 14.2 Å². The molecule has 4 rings (SSSR count). The summed E-state index contributed by atoms with van der Waals surface area (Å²) < 4.78 is 15.3. The van der Waals surface area contributed by atoms with E-state index in [4.69, 9.17) is 11.6 Å². The van der Waals surface area contributed by atoms with Crippen LogP contribution in [0.1, 0.15) is 20.8 Å². The van der Waals surface area contributed by atoms with E-state index in [0.717, 1.165) is 16.9 Å². The summed E-state index contributed by atoms with van der Waals surface area (Å²) >= 11 is 7.30. The van der Waals surface area contributed by atoms with E-state index in [1.807, 2.05) is 18.2 Å². The zero-order chi connectivity index (χ0) is 20.5. The van der Waals surface area contributed by atoms with E-state index < -0.39 is 11.7 Å². The van der Waals surface area contributed by atoms with Gasteiger partial charge in [-0.15, -0.1) is 11.3 Å². The zero-order valence-electron chi connectivity index (χ0n) is 15.3. The minimum absolute atomic E-state index is 0.0819. The SMILES string of the molecule is Cc1c(C(=O)Nc2ccccc2F)sc2ncn(Cc3ccccc3Cl)c(=O)c12. The average molecular weight is 428 g/mol. The molecule has 0 radical (unpaired) electrons. The first kappa shape index (κ1) is 19.3. The molecule has 0 aliphatic carbocycles. The predicted molar refractivity (Wildman–Crippen MR) is 114 cm³/mol. The van der Waals surface area contributed by atoms with Gasteiger partial charge in [0.25, 0.3) is 11.5 Å². The molecule has 2 aromatic carbocycles. The maximum absolute atomic E-state index is 13.8. The molecule has 0 saturated heterocycles. The van der Waals surface area contributed by atoms with Crippen molar-refractivity contribution in [3.63, 3.8) is 0 Å². The first-order valence-electron chi connectivity index (χ1n) is 8.73. The number of rotatable bonds is 4. The number of hydrogen-bond acceptors (Lipinski definition) is 4. The molecule has 1 N–H and O–H groups in total. The molecule has 0 saturated carbocycles. The van der Waals surface area contributed by atoms with Gasteiger partial charge in [0.2, 0.25) is 0 Å². The van der Waals surface area contributed by atoms with Crippen molar-refractivity contribution in [2.75, 3.05) is 5.32 Å². The second-order valence-corrected chi connectivity index (χ2v) is 7.85. The molecule has 1 amide bonds. The number of aromatic nitrogens is 2. The van der Waals surface area contributed by atoms with Crippen LogP contribution in [0, 0.1) is 12.7 Å². The Bertz CT molecular complexity index is 1300. The van der Waals surface area contributed by atoms with Crippen LogP contribution in [0.4, 0.5) is 10.1 Å². The van der Waals surface area contributed by atoms with E-state index in [2.05, 4.69) is 10.3 Å². The Balaban J connectivity index is 1.71. The first-order valence-corrected chi connectivity index (χ1v) is 9.93. The molecule has 4 aromatic rings. The van der Waals surface area contributed by atoms with E-state index in [0.29, 0.717) is 25.7 Å². The quantitative estimate of drug-likeness (QED) is 0.506. The molecule has 0 spiro atoms. The van der Waals surface area contributed by atoms with E-state index in [1.54, 1.807) is 25.1 Å². The highest BCUT2D eigenvalue weighted by atomic mass is 35.5. The Kier molecular flexibility index (Phi) is 5.17. The number of nitrogens with zero attached hydrogens (tertiary/aromatic N) is 2. The summed E-state index contributed by atoms with van der Waals surface area (Å²) in [5.41, 5.74) is 1.14. The van der Waals surface area contributed by atoms with Gasteiger partial charge >= 0.3 is 0 Å². The number of anilines is 1. The molecule has 8 heteroatoms. The molecule has 0 aliphatic rings. The third-order valence-electron chi connectivity index (χ3n) is 4.54. The van der Waals surface area contributed by atoms with E-state index in [9.17, 15) is 14.0 Å². The molecular formula is C21H15ClFN3O2S. The summed E-state index contributed by atoms with van der Waals surface area (Å²) in [6, 6.07) is 13.2. The number of carbonyl (C=O) groups is 1. The van der Waals surface area contributed by atoms with Gasteiger partial charge in [-0.1, -0.05) is 41.9 Å². The number of benzene rings is 2. The third-order valence-corrected chi connectivity index (χ3v) is 6.11. The maximum Gasteiger partial charge on any atom is 0.266 e. The number of nitrogens with one attached hydrogen (secondary N) is 1. The van der Waals surface area contributed by atoms with Crippen molar-refractivity contribution in [1.82, 2.24) is 9.55 Å². The zero-order valence-corrected chi connectivity index (χ0v) is 16.9. The highest BCUT2D eigenvalue weighted by Crippen LogP contribution is 2.28. The fraction of sp³-hybridized carbons (Fsp3) is 0.0952. The van der Waals surface area contributed by atoms with Crippen molar-refractivity contribution in [2.24, 2.45) is 0 Å². The van der Waals surface area contributed by atoms with Crippen LogP contribution < -0.4 is 10.9 Å². The van der Waals surface area contributed by atoms with Crippen LogP contribution >= 0.6 is 22.9 Å². The van der Waals surface area contributed by atoms with Gasteiger partial charge in [0, 0.05) is 5.02 Å². The average Bonchev–Trinajstić information content (AvgIpc) is 3.05. The molecule has 146 valence electrons. The van der Waals surface area contributed by atoms with Crippen molar-refractivity contribution in [3.8, 4) is 0 Å². The standard InChI is InChI=1S/C21H15ClFN3O2S/c1-12-17-20(29-18(12)19(27)25-16-9-5-4-8-15(16)23)24-11-26(21(17)28)10-13-6-2-3-7-14(13)22/h2-9,11H,10H2,1H3,(H,25,27). The van der Waals surface area contributed by atoms with Crippen LogP contribution in [-0.4, -0.2) is 15.5 Å². The number of thiophene rings is 1. The van der Waals surface area contributed by atoms with Crippen LogP contribution in [-0.2, 0) is 6.54 Å². The lowest BCUT2D eigenvalue weighted by atomic mass is 10.2. The number of hydrogen-bond donors (Lipinski definition) is 1. The first-order chi connectivity index (χ1) is 14.0. The van der Waals surface area contributed by atoms with Gasteiger partial charge in [-0.05, 0) is 36.2 Å². The Morgan fingerprint density at radius 2 is 1.93 bits per heavy atom. The molecule has 0 fully saturated rings. The van der Waals surface area contributed by atoms with Gasteiger partial charge in [0.1, 0.15) is 10.6 Å². The van der Waals surface area contributed by atoms with Crippen LogP contribution in [0.5, 0.6) is 0 Å². The molecule has 0 atom stereocenters. The van der Waals surface area contributed by atoms with Crippen LogP contribution in [0.3, 0.4) is 0 Å². The number of aryl methyl sites for hydroxylation is 1. The smallest absolute Gasteiger partial charge is 0.266 e. The highest BCUT2D eigenvalue weighted by molar-refractivity contribution is 7.20. The molecule has 2 heterocycles. The second-order valence-electron chi connectivity index (χ2n) is 6.44. The number of fused-ring (bicyclic) bond motifs is 1. The minimum Gasteiger partial charge on any atom is -0.319 e. The summed E-state index contributed by atoms with van der Waals surface area (Å²) in [6.07, 6.45) is 1.45. The Labute approximate surface area is 174 Å². The molecule has 29 heavy (non-hydrogen) atoms. The van der Waals surface area contributed by atoms with Crippen molar-refractivity contribution in [1.29, 1.82) is 0 Å². The fourth-order valence-electron chi connectivity index (χ4n) is 3.04. The van der Waals surface area contributed by atoms with Gasteiger partial charge < -0.3 is 5.32 Å². The lowest BCUT2D eigenvalue weighted by Gasteiger charge is -2.07. The molecule has 0 unspecified atom stereocenters. The molecule has 5 nitrogen and oxygen atoms in total. The van der Waals surface area contributed by atoms with E-state index in [1.165, 1.54) is 23.0 Å². The van der Waals surface area contributed by atoms with Crippen LogP contribution in [0.25, 0.3) is 10.2 Å². The van der Waals surface area contributed by atoms with Crippen molar-refractivity contribution in [2.45, 2.75) is 13.5 Å². The summed E-state index contributed by atoms with van der Waals surface area (Å²) in [6.45, 7) is 1.96. The Hall–Kier alpha value is -3.03. The van der Waals surface area contributed by atoms with E-state index in [-0.39, 0.29) is 17.8 Å². The monoisotopic (exact) mass is 427 g/mol. The third kappa shape index (κ3) is 3.66. The van der Waals surface area contributed by atoms with Gasteiger partial charge in [-0.2, -0.15) is 0 Å². The molecule has 0 bridgehead atoms. The number of carbonyl (C=O) groups excluding carboxylic acids is 1. The lowest BCUT2D eigenvalue weighted by Crippen LogP contribution is -2.21. The van der Waals surface area contributed by atoms with E-state index >= 15 is 0 Å². The fourth-order valence-corrected chi connectivity index (χ4v) is 4.27. The van der Waals surface area contributed by atoms with Gasteiger partial charge in [0.15, 0.2) is 0 Å². The lowest BCUT2D eigenvalue weighted by molar-refractivity contribution is 0.102. The van der Waals surface area contributed by atoms with Gasteiger partial charge in [0.05, 0.1) is 28.8 Å². The summed E-state index contributed by atoms with van der Waals surface area (Å²) in [5.74, 6) is -1.01. The topological polar surface area (TPSA) is 64.0 Å². The molecular weight excluding hydrogens is 413 g/mol. The highest BCUT2D eigenvalue weighted by Gasteiger charge is 2.20. The van der Waals surface area contributed by atoms with Gasteiger partial charge in [-0.25, -0.2) is 9.37 Å². The van der Waals surface area contributed by atoms with Crippen LogP contribution in [0.15, 0.2) is 59.7 Å². The van der Waals surface area contributed by atoms with Crippen molar-refractivity contribution >= 4 is 44.7 Å². The molecule has 2 aromatic heterocycles. The van der Waals surface area contributed by atoms with Crippen molar-refractivity contribution in [3.05, 3.63) is 92.1 Å². The Morgan fingerprint density at radius 3 is 2.69 bits per heavy atom. The predicted octanol–water partition coefficient (Wildman–Crippen LogP) is 4.86. The summed E-state index contributed by atoms with van der Waals surface area (Å²) in [4.78, 5) is 30.8. The molecule has 0 aliphatic heterocycles. The second kappa shape index (κ2) is 7.77. The maximum atomic E-state index is 13.8. The largest absolute Gasteiger partial charge is 0.319 e. The minimum atomic E-state index is -0.528. The number of halogens is 2. The summed E-state index contributed by atoms with van der Waals surface area (Å²) in [5, 5.41) is 3.49. The van der Waals surface area contributed by atoms with Crippen molar-refractivity contribution < 1.29 is 9.18 Å². The summed E-state index contributed by atoms with van der Waals surface area (Å²) in [7, 11) is 0. The van der Waals surface area contributed by atoms with Crippen LogP contribution in [0.2, 0.25) is 5.02 Å².